The van der Waals surface area contributed by atoms with Crippen molar-refractivity contribution in [3.8, 4) is 0 Å². The molecule has 3 aromatic carbocycles. The highest BCUT2D eigenvalue weighted by atomic mass is 19.4. The lowest BCUT2D eigenvalue weighted by molar-refractivity contribution is -0.178. The molecule has 0 spiro atoms. The summed E-state index contributed by atoms with van der Waals surface area (Å²) in [7, 11) is 0. The molecule has 0 saturated heterocycles. The summed E-state index contributed by atoms with van der Waals surface area (Å²) < 4.78 is 52.9. The molecule has 0 aliphatic carbocycles. The van der Waals surface area contributed by atoms with Gasteiger partial charge in [-0.3, -0.25) is 14.4 Å². The molecule has 4 rings (SSSR count). The van der Waals surface area contributed by atoms with Crippen molar-refractivity contribution in [2.75, 3.05) is 11.9 Å². The largest absolute Gasteiger partial charge is 0.466 e. The maximum Gasteiger partial charge on any atom is 0.392 e. The van der Waals surface area contributed by atoms with E-state index in [1.807, 2.05) is 18.2 Å². The lowest BCUT2D eigenvalue weighted by atomic mass is 9.85. The molecule has 0 radical (unpaired) electrons. The van der Waals surface area contributed by atoms with Crippen LogP contribution < -0.4 is 5.32 Å². The molecule has 3 aromatic rings. The Labute approximate surface area is 266 Å². The van der Waals surface area contributed by atoms with Gasteiger partial charge in [0.05, 0.1) is 18.4 Å². The van der Waals surface area contributed by atoms with Gasteiger partial charge in [-0.25, -0.2) is 5.01 Å². The minimum absolute atomic E-state index is 0.0692. The highest BCUT2D eigenvalue weighted by Crippen LogP contribution is 2.38. The van der Waals surface area contributed by atoms with Crippen LogP contribution in [0.3, 0.4) is 0 Å². The van der Waals surface area contributed by atoms with Gasteiger partial charge >= 0.3 is 12.1 Å². The number of hydrazone groups is 1. The van der Waals surface area contributed by atoms with E-state index in [1.54, 1.807) is 70.2 Å². The molecule has 0 fully saturated rings. The number of carbonyl (C=O) groups excluding carboxylic acids is 3. The van der Waals surface area contributed by atoms with E-state index in [1.165, 1.54) is 17.1 Å². The number of alkyl halides is 3. The van der Waals surface area contributed by atoms with Crippen LogP contribution in [0.15, 0.2) is 77.9 Å². The van der Waals surface area contributed by atoms with Crippen LogP contribution in [0.2, 0.25) is 0 Å². The average molecular weight is 638 g/mol. The van der Waals surface area contributed by atoms with Gasteiger partial charge in [0.25, 0.3) is 5.91 Å². The standard InChI is InChI=1S/C35H38F3N3O5/c1-22-25(18-19-30(43)46-34(3,4)5)12-9-13-28(22)39-32(44)31(23(2)35(36,37)38)26-16-14-24(15-17-26)20-41-29(42)21-45-33(40-41)27-10-7-6-8-11-27/h6-17,23,31H,18-21H2,1-5H3,(H,39,44). The van der Waals surface area contributed by atoms with E-state index in [2.05, 4.69) is 10.4 Å². The predicted molar refractivity (Wildman–Crippen MR) is 168 cm³/mol. The van der Waals surface area contributed by atoms with E-state index in [0.717, 1.165) is 12.5 Å². The van der Waals surface area contributed by atoms with Crippen LogP contribution >= 0.6 is 0 Å². The zero-order valence-electron chi connectivity index (χ0n) is 26.5. The number of anilines is 1. The van der Waals surface area contributed by atoms with Crippen LogP contribution in [0.4, 0.5) is 18.9 Å². The monoisotopic (exact) mass is 637 g/mol. The van der Waals surface area contributed by atoms with Gasteiger partial charge in [0.15, 0.2) is 6.61 Å². The van der Waals surface area contributed by atoms with Crippen molar-refractivity contribution in [3.63, 3.8) is 0 Å². The Morgan fingerprint density at radius 3 is 2.30 bits per heavy atom. The first-order chi connectivity index (χ1) is 21.6. The van der Waals surface area contributed by atoms with Crippen molar-refractivity contribution in [1.82, 2.24) is 5.01 Å². The van der Waals surface area contributed by atoms with Gasteiger partial charge in [-0.05, 0) is 74.6 Å². The van der Waals surface area contributed by atoms with E-state index < -0.39 is 29.5 Å². The topological polar surface area (TPSA) is 97.3 Å². The number of halogens is 3. The number of amides is 2. The molecule has 2 amide bonds. The highest BCUT2D eigenvalue weighted by Gasteiger charge is 2.45. The number of benzene rings is 3. The van der Waals surface area contributed by atoms with Gasteiger partial charge in [0.1, 0.15) is 5.60 Å². The second kappa shape index (κ2) is 14.2. The Hall–Kier alpha value is -4.67. The summed E-state index contributed by atoms with van der Waals surface area (Å²) in [6.07, 6.45) is -4.19. The molecule has 1 heterocycles. The second-order valence-corrected chi connectivity index (χ2v) is 12.2. The zero-order chi connectivity index (χ0) is 33.6. The molecule has 46 heavy (non-hydrogen) atoms. The highest BCUT2D eigenvalue weighted by molar-refractivity contribution is 5.98. The van der Waals surface area contributed by atoms with Crippen LogP contribution in [0.25, 0.3) is 0 Å². The molecule has 1 aliphatic rings. The first kappa shape index (κ1) is 34.2. The van der Waals surface area contributed by atoms with Crippen LogP contribution in [0.1, 0.15) is 67.9 Å². The first-order valence-electron chi connectivity index (χ1n) is 15.0. The number of nitrogens with one attached hydrogen (secondary N) is 1. The SMILES string of the molecule is Cc1c(CCC(=O)OC(C)(C)C)cccc1NC(=O)C(c1ccc(CN2N=C(c3ccccc3)OCC2=O)cc1)C(C)C(F)(F)F. The molecule has 0 bridgehead atoms. The smallest absolute Gasteiger partial charge is 0.392 e. The van der Waals surface area contributed by atoms with Crippen LogP contribution in [0.5, 0.6) is 0 Å². The van der Waals surface area contributed by atoms with Gasteiger partial charge in [0.2, 0.25) is 11.8 Å². The number of ether oxygens (including phenoxy) is 2. The summed E-state index contributed by atoms with van der Waals surface area (Å²) in [5, 5.41) is 8.26. The Morgan fingerprint density at radius 1 is 1.00 bits per heavy atom. The fraction of sp³-hybridized carbons (Fsp3) is 0.371. The number of hydrogen-bond donors (Lipinski definition) is 1. The average Bonchev–Trinajstić information content (AvgIpc) is 2.99. The van der Waals surface area contributed by atoms with Crippen LogP contribution in [-0.2, 0) is 36.8 Å². The van der Waals surface area contributed by atoms with Crippen molar-refractivity contribution in [3.05, 3.63) is 101 Å². The fourth-order valence-electron chi connectivity index (χ4n) is 5.03. The summed E-state index contributed by atoms with van der Waals surface area (Å²) in [6, 6.07) is 20.3. The Balaban J connectivity index is 1.52. The van der Waals surface area contributed by atoms with Gasteiger partial charge in [-0.15, -0.1) is 5.10 Å². The summed E-state index contributed by atoms with van der Waals surface area (Å²) in [5.74, 6) is -4.80. The van der Waals surface area contributed by atoms with Crippen molar-refractivity contribution in [2.24, 2.45) is 11.0 Å². The molecule has 0 aromatic heterocycles. The summed E-state index contributed by atoms with van der Waals surface area (Å²) in [5.41, 5.74) is 2.65. The summed E-state index contributed by atoms with van der Waals surface area (Å²) in [6.45, 7) is 7.93. The summed E-state index contributed by atoms with van der Waals surface area (Å²) in [4.78, 5) is 38.2. The van der Waals surface area contributed by atoms with Crippen molar-refractivity contribution in [1.29, 1.82) is 0 Å². The zero-order valence-corrected chi connectivity index (χ0v) is 26.5. The number of esters is 1. The number of aryl methyl sites for hydroxylation is 1. The Kier molecular flexibility index (Phi) is 10.5. The molecule has 1 aliphatic heterocycles. The van der Waals surface area contributed by atoms with Crippen LogP contribution in [0, 0.1) is 12.8 Å². The molecular formula is C35H38F3N3O5. The molecule has 2 unspecified atom stereocenters. The van der Waals surface area contributed by atoms with E-state index in [9.17, 15) is 27.6 Å². The van der Waals surface area contributed by atoms with E-state index >= 15 is 0 Å². The van der Waals surface area contributed by atoms with Crippen LogP contribution in [-0.4, -0.2) is 47.1 Å². The van der Waals surface area contributed by atoms with E-state index in [-0.39, 0.29) is 42.9 Å². The maximum atomic E-state index is 14.0. The van der Waals surface area contributed by atoms with E-state index in [0.29, 0.717) is 28.8 Å². The second-order valence-electron chi connectivity index (χ2n) is 12.2. The first-order valence-corrected chi connectivity index (χ1v) is 15.0. The predicted octanol–water partition coefficient (Wildman–Crippen LogP) is 6.91. The van der Waals surface area contributed by atoms with Crippen molar-refractivity contribution < 1.29 is 37.0 Å². The van der Waals surface area contributed by atoms with Crippen molar-refractivity contribution >= 4 is 29.4 Å². The third-order valence-electron chi connectivity index (χ3n) is 7.54. The molecule has 8 nitrogen and oxygen atoms in total. The lowest BCUT2D eigenvalue weighted by Crippen LogP contribution is -2.36. The van der Waals surface area contributed by atoms with Gasteiger partial charge in [0, 0.05) is 17.7 Å². The number of carbonyl (C=O) groups is 3. The quantitative estimate of drug-likeness (QED) is 0.244. The lowest BCUT2D eigenvalue weighted by Gasteiger charge is -2.27. The molecule has 0 saturated carbocycles. The number of rotatable bonds is 10. The molecule has 1 N–H and O–H groups in total. The normalized spacial score (nSPS) is 15.0. The Morgan fingerprint density at radius 2 is 1.67 bits per heavy atom. The van der Waals surface area contributed by atoms with E-state index in [4.69, 9.17) is 9.47 Å². The maximum absolute atomic E-state index is 14.0. The fourth-order valence-corrected chi connectivity index (χ4v) is 5.03. The molecule has 2 atom stereocenters. The van der Waals surface area contributed by atoms with Crippen molar-refractivity contribution in [2.45, 2.75) is 71.7 Å². The Bertz CT molecular complexity index is 1580. The molecule has 244 valence electrons. The third-order valence-corrected chi connectivity index (χ3v) is 7.54. The third kappa shape index (κ3) is 8.95. The minimum Gasteiger partial charge on any atom is -0.466 e. The number of hydrogen-bond acceptors (Lipinski definition) is 6. The number of nitrogens with zero attached hydrogens (tertiary/aromatic N) is 2. The minimum atomic E-state index is -4.65. The van der Waals surface area contributed by atoms with Gasteiger partial charge < -0.3 is 14.8 Å². The molecule has 11 heteroatoms. The van der Waals surface area contributed by atoms with Gasteiger partial charge in [-0.1, -0.05) is 61.5 Å². The summed E-state index contributed by atoms with van der Waals surface area (Å²) >= 11 is 0. The van der Waals surface area contributed by atoms with Gasteiger partial charge in [-0.2, -0.15) is 13.2 Å². The molecular weight excluding hydrogens is 599 g/mol.